The van der Waals surface area contributed by atoms with Gasteiger partial charge in [-0.2, -0.15) is 0 Å². The van der Waals surface area contributed by atoms with Crippen molar-refractivity contribution in [2.45, 2.75) is 25.9 Å². The number of aliphatic hydroxyl groups is 1. The molecule has 0 aliphatic heterocycles. The SMILES string of the molecule is [CH2]CC(O)CC(C)C(=O)O. The summed E-state index contributed by atoms with van der Waals surface area (Å²) in [7, 11) is 0. The van der Waals surface area contributed by atoms with E-state index in [2.05, 4.69) is 6.92 Å². The predicted molar refractivity (Wildman–Crippen MR) is 37.4 cm³/mol. The van der Waals surface area contributed by atoms with Gasteiger partial charge in [0, 0.05) is 0 Å². The number of hydrogen-bond acceptors (Lipinski definition) is 2. The third-order valence-corrected chi connectivity index (χ3v) is 1.38. The van der Waals surface area contributed by atoms with E-state index in [9.17, 15) is 4.79 Å². The van der Waals surface area contributed by atoms with E-state index in [0.717, 1.165) is 0 Å². The van der Waals surface area contributed by atoms with Crippen molar-refractivity contribution < 1.29 is 15.0 Å². The lowest BCUT2D eigenvalue weighted by Gasteiger charge is -2.09. The van der Waals surface area contributed by atoms with Crippen LogP contribution in [0.1, 0.15) is 19.8 Å². The molecule has 3 heteroatoms. The summed E-state index contributed by atoms with van der Waals surface area (Å²) < 4.78 is 0. The Kier molecular flexibility index (Phi) is 4.03. The minimum absolute atomic E-state index is 0.291. The third-order valence-electron chi connectivity index (χ3n) is 1.38. The number of carboxylic acids is 1. The van der Waals surface area contributed by atoms with E-state index in [0.29, 0.717) is 12.8 Å². The van der Waals surface area contributed by atoms with Gasteiger partial charge in [0.15, 0.2) is 0 Å². The van der Waals surface area contributed by atoms with E-state index in [4.69, 9.17) is 10.2 Å². The van der Waals surface area contributed by atoms with Crippen LogP contribution in [0.4, 0.5) is 0 Å². The maximum absolute atomic E-state index is 10.2. The first-order valence-corrected chi connectivity index (χ1v) is 3.28. The zero-order chi connectivity index (χ0) is 8.15. The minimum atomic E-state index is -0.868. The lowest BCUT2D eigenvalue weighted by atomic mass is 10.0. The van der Waals surface area contributed by atoms with Crippen LogP contribution in [0.3, 0.4) is 0 Å². The maximum Gasteiger partial charge on any atom is 0.306 e. The highest BCUT2D eigenvalue weighted by Gasteiger charge is 2.14. The van der Waals surface area contributed by atoms with Crippen molar-refractivity contribution in [3.05, 3.63) is 6.92 Å². The van der Waals surface area contributed by atoms with E-state index in [1.165, 1.54) is 0 Å². The summed E-state index contributed by atoms with van der Waals surface area (Å²) in [4.78, 5) is 10.2. The summed E-state index contributed by atoms with van der Waals surface area (Å²) in [6.45, 7) is 5.03. The van der Waals surface area contributed by atoms with E-state index in [-0.39, 0.29) is 0 Å². The van der Waals surface area contributed by atoms with Gasteiger partial charge in [0.2, 0.25) is 0 Å². The van der Waals surface area contributed by atoms with Gasteiger partial charge in [-0.25, -0.2) is 0 Å². The summed E-state index contributed by atoms with van der Waals surface area (Å²) in [6.07, 6.45) is 0.0855. The first-order valence-electron chi connectivity index (χ1n) is 3.28. The second-order valence-electron chi connectivity index (χ2n) is 2.42. The van der Waals surface area contributed by atoms with Crippen molar-refractivity contribution in [1.82, 2.24) is 0 Å². The Morgan fingerprint density at radius 3 is 2.50 bits per heavy atom. The van der Waals surface area contributed by atoms with Gasteiger partial charge >= 0.3 is 5.97 Å². The number of hydrogen-bond donors (Lipinski definition) is 2. The molecule has 3 nitrogen and oxygen atoms in total. The first kappa shape index (κ1) is 9.43. The van der Waals surface area contributed by atoms with Crippen LogP contribution in [0.2, 0.25) is 0 Å². The molecule has 0 fully saturated rings. The van der Waals surface area contributed by atoms with Crippen molar-refractivity contribution in [1.29, 1.82) is 0 Å². The highest BCUT2D eigenvalue weighted by molar-refractivity contribution is 5.69. The zero-order valence-corrected chi connectivity index (χ0v) is 6.08. The molecular weight excluding hydrogens is 132 g/mol. The molecule has 1 radical (unpaired) electrons. The van der Waals surface area contributed by atoms with Crippen LogP contribution in [0, 0.1) is 12.8 Å². The molecule has 0 aliphatic rings. The Bertz CT molecular complexity index is 111. The zero-order valence-electron chi connectivity index (χ0n) is 6.08. The second-order valence-corrected chi connectivity index (χ2v) is 2.42. The molecule has 0 amide bonds. The number of aliphatic carboxylic acids is 1. The quantitative estimate of drug-likeness (QED) is 0.611. The van der Waals surface area contributed by atoms with Gasteiger partial charge in [-0.1, -0.05) is 13.8 Å². The molecule has 2 atom stereocenters. The van der Waals surface area contributed by atoms with E-state index < -0.39 is 18.0 Å². The molecule has 0 spiro atoms. The average Bonchev–Trinajstić information content (AvgIpc) is 1.87. The van der Waals surface area contributed by atoms with Gasteiger partial charge in [-0.3, -0.25) is 4.79 Å². The molecule has 0 aliphatic carbocycles. The predicted octanol–water partition coefficient (Wildman–Crippen LogP) is 0.682. The molecule has 0 saturated heterocycles. The van der Waals surface area contributed by atoms with Crippen LogP contribution in [0.15, 0.2) is 0 Å². The molecule has 0 heterocycles. The summed E-state index contributed by atoms with van der Waals surface area (Å²) >= 11 is 0. The molecule has 0 aromatic rings. The molecule has 59 valence electrons. The fourth-order valence-corrected chi connectivity index (χ4v) is 0.627. The molecule has 0 aromatic heterocycles. The maximum atomic E-state index is 10.2. The first-order chi connectivity index (χ1) is 4.57. The molecule has 10 heavy (non-hydrogen) atoms. The van der Waals surface area contributed by atoms with Crippen LogP contribution >= 0.6 is 0 Å². The Hall–Kier alpha value is -0.570. The van der Waals surface area contributed by atoms with Crippen LogP contribution < -0.4 is 0 Å². The Labute approximate surface area is 60.7 Å². The highest BCUT2D eigenvalue weighted by atomic mass is 16.4. The lowest BCUT2D eigenvalue weighted by Crippen LogP contribution is -2.17. The molecule has 2 unspecified atom stereocenters. The van der Waals surface area contributed by atoms with Crippen molar-refractivity contribution in [2.75, 3.05) is 0 Å². The van der Waals surface area contributed by atoms with Crippen LogP contribution in [-0.2, 0) is 4.79 Å². The van der Waals surface area contributed by atoms with E-state index >= 15 is 0 Å². The molecular formula is C7H13O3. The minimum Gasteiger partial charge on any atom is -0.481 e. The Morgan fingerprint density at radius 1 is 1.70 bits per heavy atom. The molecule has 0 bridgehead atoms. The topological polar surface area (TPSA) is 57.5 Å². The summed E-state index contributed by atoms with van der Waals surface area (Å²) in [5.74, 6) is -1.34. The van der Waals surface area contributed by atoms with Crippen molar-refractivity contribution in [2.24, 2.45) is 5.92 Å². The van der Waals surface area contributed by atoms with Gasteiger partial charge in [0.05, 0.1) is 12.0 Å². The summed E-state index contributed by atoms with van der Waals surface area (Å²) in [5.41, 5.74) is 0. The third kappa shape index (κ3) is 3.45. The smallest absolute Gasteiger partial charge is 0.306 e. The molecule has 0 aromatic carbocycles. The molecule has 2 N–H and O–H groups in total. The van der Waals surface area contributed by atoms with Crippen LogP contribution in [0.25, 0.3) is 0 Å². The van der Waals surface area contributed by atoms with Crippen LogP contribution in [0.5, 0.6) is 0 Å². The average molecular weight is 145 g/mol. The normalized spacial score (nSPS) is 16.3. The molecule has 0 saturated carbocycles. The van der Waals surface area contributed by atoms with Crippen molar-refractivity contribution in [3.63, 3.8) is 0 Å². The number of carbonyl (C=O) groups is 1. The van der Waals surface area contributed by atoms with Gasteiger partial charge in [0.25, 0.3) is 0 Å². The Balaban J connectivity index is 3.56. The summed E-state index contributed by atoms with van der Waals surface area (Å²) in [6, 6.07) is 0. The lowest BCUT2D eigenvalue weighted by molar-refractivity contribution is -0.142. The monoisotopic (exact) mass is 145 g/mol. The Morgan fingerprint density at radius 2 is 2.20 bits per heavy atom. The van der Waals surface area contributed by atoms with E-state index in [1.54, 1.807) is 6.92 Å². The standard InChI is InChI=1S/C7H13O3/c1-3-6(8)4-5(2)7(9)10/h5-6,8H,1,3-4H2,2H3,(H,9,10). The second kappa shape index (κ2) is 4.28. The van der Waals surface area contributed by atoms with Gasteiger partial charge in [0.1, 0.15) is 0 Å². The van der Waals surface area contributed by atoms with Crippen molar-refractivity contribution >= 4 is 5.97 Å². The van der Waals surface area contributed by atoms with Gasteiger partial charge < -0.3 is 10.2 Å². The van der Waals surface area contributed by atoms with Gasteiger partial charge in [-0.15, -0.1) is 0 Å². The van der Waals surface area contributed by atoms with Crippen LogP contribution in [-0.4, -0.2) is 22.3 Å². The number of rotatable bonds is 4. The number of aliphatic hydroxyl groups excluding tert-OH is 1. The molecule has 0 rings (SSSR count). The fourth-order valence-electron chi connectivity index (χ4n) is 0.627. The van der Waals surface area contributed by atoms with E-state index in [1.807, 2.05) is 0 Å². The fraction of sp³-hybridized carbons (Fsp3) is 0.714. The van der Waals surface area contributed by atoms with Gasteiger partial charge in [-0.05, 0) is 12.8 Å². The summed E-state index contributed by atoms with van der Waals surface area (Å²) in [5, 5.41) is 17.3. The van der Waals surface area contributed by atoms with Crippen molar-refractivity contribution in [3.8, 4) is 0 Å². The largest absolute Gasteiger partial charge is 0.481 e. The highest BCUT2D eigenvalue weighted by Crippen LogP contribution is 2.07. The number of carboxylic acid groups (broad SMARTS) is 1.